The van der Waals surface area contributed by atoms with Crippen molar-refractivity contribution >= 4 is 34.2 Å². The molecule has 0 radical (unpaired) electrons. The summed E-state index contributed by atoms with van der Waals surface area (Å²) in [4.78, 5) is 41.5. The molecule has 4 aromatic rings. The maximum absolute atomic E-state index is 13.0. The molecule has 172 valence electrons. The molecule has 0 unspecified atom stereocenters. The SMILES string of the molecule is Cc1cc(N2CCN(C(=O)c3cnc(-c4ccc(Cl)cc4)[nH]c3=O)CC2)nc2c(C)cccc12. The second kappa shape index (κ2) is 8.91. The molecule has 2 aromatic carbocycles. The summed E-state index contributed by atoms with van der Waals surface area (Å²) in [5, 5.41) is 1.76. The summed E-state index contributed by atoms with van der Waals surface area (Å²) >= 11 is 5.92. The van der Waals surface area contributed by atoms with Crippen molar-refractivity contribution in [3.8, 4) is 11.4 Å². The van der Waals surface area contributed by atoms with Crippen LogP contribution in [-0.2, 0) is 0 Å². The fraction of sp³-hybridized carbons (Fsp3) is 0.231. The van der Waals surface area contributed by atoms with Crippen LogP contribution in [0, 0.1) is 13.8 Å². The van der Waals surface area contributed by atoms with Crippen LogP contribution in [0.15, 0.2) is 59.5 Å². The van der Waals surface area contributed by atoms with Gasteiger partial charge in [0.05, 0.1) is 5.52 Å². The molecule has 1 saturated heterocycles. The largest absolute Gasteiger partial charge is 0.353 e. The smallest absolute Gasteiger partial charge is 0.264 e. The van der Waals surface area contributed by atoms with Gasteiger partial charge in [-0.15, -0.1) is 0 Å². The fourth-order valence-electron chi connectivity index (χ4n) is 4.32. The van der Waals surface area contributed by atoms with Crippen molar-refractivity contribution in [2.75, 3.05) is 31.1 Å². The van der Waals surface area contributed by atoms with Crippen LogP contribution < -0.4 is 10.5 Å². The van der Waals surface area contributed by atoms with Gasteiger partial charge in [-0.3, -0.25) is 9.59 Å². The Kier molecular flexibility index (Phi) is 5.79. The van der Waals surface area contributed by atoms with Gasteiger partial charge in [0.15, 0.2) is 0 Å². The number of aryl methyl sites for hydroxylation is 2. The first-order chi connectivity index (χ1) is 16.4. The number of aromatic nitrogens is 3. The number of halogens is 1. The van der Waals surface area contributed by atoms with Gasteiger partial charge in [-0.1, -0.05) is 29.8 Å². The Balaban J connectivity index is 1.31. The first-order valence-corrected chi connectivity index (χ1v) is 11.5. The Labute approximate surface area is 202 Å². The first kappa shape index (κ1) is 22.1. The second-order valence-electron chi connectivity index (χ2n) is 8.53. The van der Waals surface area contributed by atoms with Crippen molar-refractivity contribution in [1.29, 1.82) is 0 Å². The lowest BCUT2D eigenvalue weighted by Crippen LogP contribution is -2.50. The standard InChI is InChI=1S/C26H24ClN5O2/c1-16-4-3-5-20-17(2)14-22(29-23(16)20)31-10-12-32(13-11-31)26(34)21-15-28-24(30-25(21)33)18-6-8-19(27)9-7-18/h3-9,14-15H,10-13H2,1-2H3,(H,28,30,33). The molecule has 1 N–H and O–H groups in total. The summed E-state index contributed by atoms with van der Waals surface area (Å²) in [5.74, 6) is 1.00. The van der Waals surface area contributed by atoms with Crippen LogP contribution in [0.3, 0.4) is 0 Å². The van der Waals surface area contributed by atoms with Gasteiger partial charge < -0.3 is 14.8 Å². The lowest BCUT2D eigenvalue weighted by Gasteiger charge is -2.35. The number of H-pyrrole nitrogens is 1. The summed E-state index contributed by atoms with van der Waals surface area (Å²) in [6.45, 7) is 6.46. The number of carbonyl (C=O) groups is 1. The van der Waals surface area contributed by atoms with Crippen LogP contribution in [0.2, 0.25) is 5.02 Å². The number of piperazine rings is 1. The molecule has 1 aliphatic rings. The van der Waals surface area contributed by atoms with Crippen molar-refractivity contribution in [2.24, 2.45) is 0 Å². The quantitative estimate of drug-likeness (QED) is 0.481. The van der Waals surface area contributed by atoms with E-state index in [-0.39, 0.29) is 11.5 Å². The van der Waals surface area contributed by atoms with Gasteiger partial charge in [-0.05, 0) is 55.3 Å². The molecule has 7 nitrogen and oxygen atoms in total. The minimum Gasteiger partial charge on any atom is -0.353 e. The number of anilines is 1. The van der Waals surface area contributed by atoms with Gasteiger partial charge in [0.25, 0.3) is 11.5 Å². The van der Waals surface area contributed by atoms with E-state index < -0.39 is 5.56 Å². The molecule has 0 saturated carbocycles. The predicted octanol–water partition coefficient (Wildman–Crippen LogP) is 4.22. The van der Waals surface area contributed by atoms with E-state index in [1.165, 1.54) is 11.8 Å². The zero-order chi connectivity index (χ0) is 23.8. The van der Waals surface area contributed by atoms with Crippen molar-refractivity contribution in [1.82, 2.24) is 19.9 Å². The molecule has 5 rings (SSSR count). The number of pyridine rings is 1. The number of hydrogen-bond donors (Lipinski definition) is 1. The molecule has 0 atom stereocenters. The third-order valence-electron chi connectivity index (χ3n) is 6.27. The average molecular weight is 474 g/mol. The van der Waals surface area contributed by atoms with Crippen molar-refractivity contribution in [3.63, 3.8) is 0 Å². The molecule has 0 aliphatic carbocycles. The molecule has 8 heteroatoms. The number of nitrogens with one attached hydrogen (secondary N) is 1. The van der Waals surface area contributed by atoms with E-state index in [2.05, 4.69) is 53.0 Å². The molecule has 0 spiro atoms. The van der Waals surface area contributed by atoms with Crippen LogP contribution in [0.4, 0.5) is 5.82 Å². The van der Waals surface area contributed by atoms with Crippen LogP contribution in [-0.4, -0.2) is 51.9 Å². The van der Waals surface area contributed by atoms with Crippen molar-refractivity contribution in [3.05, 3.63) is 86.8 Å². The molecule has 1 amide bonds. The van der Waals surface area contributed by atoms with Gasteiger partial charge in [0.2, 0.25) is 0 Å². The van der Waals surface area contributed by atoms with Gasteiger partial charge in [-0.2, -0.15) is 0 Å². The number of rotatable bonds is 3. The Morgan fingerprint density at radius 2 is 1.74 bits per heavy atom. The minimum atomic E-state index is -0.449. The zero-order valence-corrected chi connectivity index (χ0v) is 19.8. The van der Waals surface area contributed by atoms with E-state index in [0.717, 1.165) is 27.8 Å². The van der Waals surface area contributed by atoms with E-state index >= 15 is 0 Å². The fourth-order valence-corrected chi connectivity index (χ4v) is 4.44. The summed E-state index contributed by atoms with van der Waals surface area (Å²) < 4.78 is 0. The van der Waals surface area contributed by atoms with Crippen LogP contribution in [0.5, 0.6) is 0 Å². The molecular formula is C26H24ClN5O2. The summed E-state index contributed by atoms with van der Waals surface area (Å²) in [5.41, 5.74) is 3.65. The third-order valence-corrected chi connectivity index (χ3v) is 6.52. The monoisotopic (exact) mass is 473 g/mol. The summed E-state index contributed by atoms with van der Waals surface area (Å²) in [7, 11) is 0. The Hall–Kier alpha value is -3.71. The highest BCUT2D eigenvalue weighted by atomic mass is 35.5. The zero-order valence-electron chi connectivity index (χ0n) is 19.0. The number of aromatic amines is 1. The number of fused-ring (bicyclic) bond motifs is 1. The predicted molar refractivity (Wildman–Crippen MR) is 135 cm³/mol. The highest BCUT2D eigenvalue weighted by Gasteiger charge is 2.25. The molecule has 34 heavy (non-hydrogen) atoms. The van der Waals surface area contributed by atoms with E-state index in [4.69, 9.17) is 16.6 Å². The topological polar surface area (TPSA) is 82.2 Å². The first-order valence-electron chi connectivity index (χ1n) is 11.2. The highest BCUT2D eigenvalue weighted by molar-refractivity contribution is 6.30. The minimum absolute atomic E-state index is 0.0430. The van der Waals surface area contributed by atoms with Crippen molar-refractivity contribution in [2.45, 2.75) is 13.8 Å². The number of carbonyl (C=O) groups excluding carboxylic acids is 1. The third kappa shape index (κ3) is 4.15. The van der Waals surface area contributed by atoms with Crippen LogP contribution in [0.25, 0.3) is 22.3 Å². The number of amides is 1. The van der Waals surface area contributed by atoms with Gasteiger partial charge in [0.1, 0.15) is 17.2 Å². The lowest BCUT2D eigenvalue weighted by atomic mass is 10.1. The molecule has 1 fully saturated rings. The number of para-hydroxylation sites is 1. The van der Waals surface area contributed by atoms with E-state index in [0.29, 0.717) is 37.0 Å². The van der Waals surface area contributed by atoms with Crippen molar-refractivity contribution < 1.29 is 4.79 Å². The van der Waals surface area contributed by atoms with E-state index in [1.807, 2.05) is 0 Å². The molecule has 3 heterocycles. The number of nitrogens with zero attached hydrogens (tertiary/aromatic N) is 4. The van der Waals surface area contributed by atoms with Gasteiger partial charge in [0, 0.05) is 48.3 Å². The Morgan fingerprint density at radius 1 is 1.00 bits per heavy atom. The normalized spacial score (nSPS) is 14.0. The second-order valence-corrected chi connectivity index (χ2v) is 8.97. The summed E-state index contributed by atoms with van der Waals surface area (Å²) in [6.07, 6.45) is 1.36. The molecule has 2 aromatic heterocycles. The average Bonchev–Trinajstić information content (AvgIpc) is 2.85. The van der Waals surface area contributed by atoms with E-state index in [9.17, 15) is 9.59 Å². The van der Waals surface area contributed by atoms with Gasteiger partial charge >= 0.3 is 0 Å². The number of benzene rings is 2. The highest BCUT2D eigenvalue weighted by Crippen LogP contribution is 2.25. The maximum Gasteiger partial charge on any atom is 0.264 e. The summed E-state index contributed by atoms with van der Waals surface area (Å²) in [6, 6.07) is 15.3. The molecule has 0 bridgehead atoms. The van der Waals surface area contributed by atoms with E-state index in [1.54, 1.807) is 29.2 Å². The van der Waals surface area contributed by atoms with Crippen LogP contribution in [0.1, 0.15) is 21.5 Å². The Morgan fingerprint density at radius 3 is 2.44 bits per heavy atom. The van der Waals surface area contributed by atoms with Gasteiger partial charge in [-0.25, -0.2) is 9.97 Å². The molecular weight excluding hydrogens is 450 g/mol. The number of hydrogen-bond acceptors (Lipinski definition) is 5. The Bertz CT molecular complexity index is 1440. The lowest BCUT2D eigenvalue weighted by molar-refractivity contribution is 0.0744. The van der Waals surface area contributed by atoms with Crippen LogP contribution >= 0.6 is 11.6 Å². The maximum atomic E-state index is 13.0. The molecule has 1 aliphatic heterocycles.